The number of aromatic nitrogens is 2. The van der Waals surface area contributed by atoms with Crippen LogP contribution in [-0.2, 0) is 6.54 Å². The molecule has 2 N–H and O–H groups in total. The number of hydrogen-bond acceptors (Lipinski definition) is 4. The molecule has 0 aliphatic heterocycles. The van der Waals surface area contributed by atoms with E-state index in [1.807, 2.05) is 50.2 Å². The summed E-state index contributed by atoms with van der Waals surface area (Å²) in [6.45, 7) is 4.56. The number of fused-ring (bicyclic) bond motifs is 1. The first kappa shape index (κ1) is 13.5. The molecule has 0 saturated heterocycles. The van der Waals surface area contributed by atoms with Crippen molar-refractivity contribution in [3.05, 3.63) is 59.4 Å². The van der Waals surface area contributed by atoms with E-state index in [0.717, 1.165) is 33.3 Å². The minimum Gasteiger partial charge on any atom is -0.438 e. The molecule has 106 valence electrons. The van der Waals surface area contributed by atoms with Gasteiger partial charge in [-0.2, -0.15) is 0 Å². The van der Waals surface area contributed by atoms with Crippen LogP contribution in [-0.4, -0.2) is 9.97 Å². The Morgan fingerprint density at radius 3 is 2.48 bits per heavy atom. The van der Waals surface area contributed by atoms with E-state index in [9.17, 15) is 0 Å². The van der Waals surface area contributed by atoms with E-state index in [0.29, 0.717) is 12.4 Å². The van der Waals surface area contributed by atoms with Crippen LogP contribution in [0.1, 0.15) is 16.7 Å². The van der Waals surface area contributed by atoms with Crippen LogP contribution in [0, 0.1) is 13.8 Å². The summed E-state index contributed by atoms with van der Waals surface area (Å²) in [5.41, 5.74) is 9.78. The van der Waals surface area contributed by atoms with Gasteiger partial charge >= 0.3 is 0 Å². The summed E-state index contributed by atoms with van der Waals surface area (Å²) in [7, 11) is 0. The molecule has 0 saturated carbocycles. The minimum atomic E-state index is 0.526. The second-order valence-electron chi connectivity index (χ2n) is 5.06. The zero-order valence-electron chi connectivity index (χ0n) is 12.1. The number of hydrogen-bond donors (Lipinski definition) is 1. The summed E-state index contributed by atoms with van der Waals surface area (Å²) in [4.78, 5) is 8.52. The maximum Gasteiger partial charge on any atom is 0.230 e. The fraction of sp³-hybridized carbons (Fsp3) is 0.176. The number of ether oxygens (including phenoxy) is 1. The van der Waals surface area contributed by atoms with Gasteiger partial charge in [-0.05, 0) is 42.7 Å². The van der Waals surface area contributed by atoms with Gasteiger partial charge in [0.1, 0.15) is 12.1 Å². The fourth-order valence-electron chi connectivity index (χ4n) is 2.48. The highest BCUT2D eigenvalue weighted by Gasteiger charge is 2.10. The van der Waals surface area contributed by atoms with Crippen molar-refractivity contribution in [1.82, 2.24) is 9.97 Å². The molecule has 1 aromatic heterocycles. The van der Waals surface area contributed by atoms with E-state index < -0.39 is 0 Å². The first-order valence-corrected chi connectivity index (χ1v) is 6.87. The molecule has 0 amide bonds. The summed E-state index contributed by atoms with van der Waals surface area (Å²) in [6, 6.07) is 11.9. The monoisotopic (exact) mass is 279 g/mol. The van der Waals surface area contributed by atoms with E-state index in [1.54, 1.807) is 0 Å². The molecule has 3 rings (SSSR count). The number of aryl methyl sites for hydroxylation is 2. The van der Waals surface area contributed by atoms with E-state index in [4.69, 9.17) is 10.5 Å². The predicted octanol–water partition coefficient (Wildman–Crippen LogP) is 3.50. The van der Waals surface area contributed by atoms with Crippen molar-refractivity contribution in [2.24, 2.45) is 5.73 Å². The summed E-state index contributed by atoms with van der Waals surface area (Å²) < 4.78 is 6.06. The van der Waals surface area contributed by atoms with Crippen molar-refractivity contribution < 1.29 is 4.74 Å². The Bertz CT molecular complexity index is 771. The molecule has 0 bridgehead atoms. The quantitative estimate of drug-likeness (QED) is 0.797. The van der Waals surface area contributed by atoms with Crippen LogP contribution in [0.5, 0.6) is 11.6 Å². The van der Waals surface area contributed by atoms with Gasteiger partial charge in [0.05, 0.1) is 10.9 Å². The van der Waals surface area contributed by atoms with Crippen LogP contribution in [0.15, 0.2) is 42.7 Å². The Morgan fingerprint density at radius 2 is 1.76 bits per heavy atom. The third-order valence-electron chi connectivity index (χ3n) is 3.46. The van der Waals surface area contributed by atoms with Crippen LogP contribution >= 0.6 is 0 Å². The van der Waals surface area contributed by atoms with Crippen molar-refractivity contribution in [1.29, 1.82) is 0 Å². The topological polar surface area (TPSA) is 61.0 Å². The molecular weight excluding hydrogens is 262 g/mol. The van der Waals surface area contributed by atoms with Gasteiger partial charge in [-0.1, -0.05) is 24.3 Å². The minimum absolute atomic E-state index is 0.526. The third kappa shape index (κ3) is 2.58. The molecule has 0 unspecified atom stereocenters. The highest BCUT2D eigenvalue weighted by Crippen LogP contribution is 2.31. The van der Waals surface area contributed by atoms with E-state index in [1.165, 1.54) is 6.33 Å². The van der Waals surface area contributed by atoms with Crippen molar-refractivity contribution in [2.75, 3.05) is 0 Å². The SMILES string of the molecule is Cc1cc(CN)cc(C)c1Oc1ncnc2ccccc12. The Labute approximate surface area is 123 Å². The van der Waals surface area contributed by atoms with Crippen molar-refractivity contribution in [2.45, 2.75) is 20.4 Å². The summed E-state index contributed by atoms with van der Waals surface area (Å²) in [5.74, 6) is 1.41. The largest absolute Gasteiger partial charge is 0.438 e. The molecular formula is C17H17N3O. The van der Waals surface area contributed by atoms with Gasteiger partial charge in [0.2, 0.25) is 5.88 Å². The van der Waals surface area contributed by atoms with Crippen LogP contribution in [0.25, 0.3) is 10.9 Å². The smallest absolute Gasteiger partial charge is 0.230 e. The molecule has 0 spiro atoms. The van der Waals surface area contributed by atoms with Gasteiger partial charge in [0.15, 0.2) is 0 Å². The molecule has 0 aliphatic rings. The molecule has 3 aromatic rings. The van der Waals surface area contributed by atoms with Crippen LogP contribution in [0.4, 0.5) is 0 Å². The highest BCUT2D eigenvalue weighted by atomic mass is 16.5. The predicted molar refractivity (Wildman–Crippen MR) is 83.4 cm³/mol. The maximum atomic E-state index is 6.06. The fourth-order valence-corrected chi connectivity index (χ4v) is 2.48. The molecule has 1 heterocycles. The molecule has 0 fully saturated rings. The molecule has 0 radical (unpaired) electrons. The summed E-state index contributed by atoms with van der Waals surface area (Å²) in [5, 5.41) is 0.904. The number of para-hydroxylation sites is 1. The standard InChI is InChI=1S/C17H17N3O/c1-11-7-13(9-18)8-12(2)16(11)21-17-14-5-3-4-6-15(14)19-10-20-17/h3-8,10H,9,18H2,1-2H3. The lowest BCUT2D eigenvalue weighted by Gasteiger charge is -2.13. The molecule has 2 aromatic carbocycles. The third-order valence-corrected chi connectivity index (χ3v) is 3.46. The molecule has 0 atom stereocenters. The average Bonchev–Trinajstić information content (AvgIpc) is 2.50. The number of nitrogens with zero attached hydrogens (tertiary/aromatic N) is 2. The molecule has 4 nitrogen and oxygen atoms in total. The Morgan fingerprint density at radius 1 is 1.05 bits per heavy atom. The van der Waals surface area contributed by atoms with Gasteiger partial charge in [0, 0.05) is 6.54 Å². The second kappa shape index (κ2) is 5.50. The van der Waals surface area contributed by atoms with E-state index in [-0.39, 0.29) is 0 Å². The zero-order chi connectivity index (χ0) is 14.8. The van der Waals surface area contributed by atoms with Crippen LogP contribution < -0.4 is 10.5 Å². The first-order valence-electron chi connectivity index (χ1n) is 6.87. The molecule has 21 heavy (non-hydrogen) atoms. The number of rotatable bonds is 3. The summed E-state index contributed by atoms with van der Waals surface area (Å²) in [6.07, 6.45) is 1.52. The summed E-state index contributed by atoms with van der Waals surface area (Å²) >= 11 is 0. The lowest BCUT2D eigenvalue weighted by atomic mass is 10.1. The van der Waals surface area contributed by atoms with Crippen molar-refractivity contribution in [3.63, 3.8) is 0 Å². The number of nitrogens with two attached hydrogens (primary N) is 1. The molecule has 0 aliphatic carbocycles. The lowest BCUT2D eigenvalue weighted by molar-refractivity contribution is 0.461. The lowest BCUT2D eigenvalue weighted by Crippen LogP contribution is -2.00. The Hall–Kier alpha value is -2.46. The first-order chi connectivity index (χ1) is 10.2. The van der Waals surface area contributed by atoms with E-state index >= 15 is 0 Å². The van der Waals surface area contributed by atoms with E-state index in [2.05, 4.69) is 9.97 Å². The average molecular weight is 279 g/mol. The Balaban J connectivity index is 2.07. The van der Waals surface area contributed by atoms with Gasteiger partial charge in [-0.25, -0.2) is 9.97 Å². The van der Waals surface area contributed by atoms with Gasteiger partial charge in [-0.15, -0.1) is 0 Å². The van der Waals surface area contributed by atoms with Crippen molar-refractivity contribution >= 4 is 10.9 Å². The normalized spacial score (nSPS) is 10.8. The Kier molecular flexibility index (Phi) is 3.54. The molecule has 4 heteroatoms. The van der Waals surface area contributed by atoms with Crippen LogP contribution in [0.3, 0.4) is 0 Å². The van der Waals surface area contributed by atoms with Gasteiger partial charge in [0.25, 0.3) is 0 Å². The zero-order valence-corrected chi connectivity index (χ0v) is 12.1. The van der Waals surface area contributed by atoms with Crippen LogP contribution in [0.2, 0.25) is 0 Å². The van der Waals surface area contributed by atoms with Gasteiger partial charge < -0.3 is 10.5 Å². The highest BCUT2D eigenvalue weighted by molar-refractivity contribution is 5.83. The van der Waals surface area contributed by atoms with Gasteiger partial charge in [-0.3, -0.25) is 0 Å². The second-order valence-corrected chi connectivity index (χ2v) is 5.06. The number of benzene rings is 2. The maximum absolute atomic E-state index is 6.06. The van der Waals surface area contributed by atoms with Crippen molar-refractivity contribution in [3.8, 4) is 11.6 Å².